The lowest BCUT2D eigenvalue weighted by Gasteiger charge is -2.11. The van der Waals surface area contributed by atoms with Crippen LogP contribution in [0.3, 0.4) is 0 Å². The number of thiocarbonyl (C=S) groups is 1. The van der Waals surface area contributed by atoms with E-state index in [1.165, 1.54) is 0 Å². The van der Waals surface area contributed by atoms with Crippen LogP contribution in [0.25, 0.3) is 0 Å². The molecule has 0 heterocycles. The van der Waals surface area contributed by atoms with E-state index < -0.39 is 27.1 Å². The number of benzene rings is 3. The minimum atomic E-state index is -0.828. The van der Waals surface area contributed by atoms with Crippen LogP contribution < -0.4 is 15.4 Å². The summed E-state index contributed by atoms with van der Waals surface area (Å²) >= 11 is 5.11. The van der Waals surface area contributed by atoms with Crippen molar-refractivity contribution in [1.82, 2.24) is 5.32 Å². The van der Waals surface area contributed by atoms with Crippen molar-refractivity contribution in [3.8, 4) is 5.75 Å². The molecule has 162 valence electrons. The van der Waals surface area contributed by atoms with Crippen LogP contribution in [-0.2, 0) is 6.61 Å². The number of nitro groups is 2. The third-order valence-electron chi connectivity index (χ3n) is 4.15. The molecule has 0 unspecified atom stereocenters. The van der Waals surface area contributed by atoms with Crippen molar-refractivity contribution in [2.75, 3.05) is 5.32 Å². The number of anilines is 1. The Hall–Kier alpha value is -4.38. The number of nitrogens with zero attached hydrogens (tertiary/aromatic N) is 2. The lowest BCUT2D eigenvalue weighted by molar-refractivity contribution is -0.394. The monoisotopic (exact) mass is 452 g/mol. The molecule has 0 fully saturated rings. The van der Waals surface area contributed by atoms with Crippen LogP contribution in [0, 0.1) is 20.2 Å². The number of rotatable bonds is 7. The Balaban J connectivity index is 1.65. The predicted octanol–water partition coefficient (Wildman–Crippen LogP) is 4.21. The van der Waals surface area contributed by atoms with Gasteiger partial charge in [0.15, 0.2) is 5.11 Å². The van der Waals surface area contributed by atoms with Gasteiger partial charge in [-0.3, -0.25) is 30.3 Å². The van der Waals surface area contributed by atoms with Gasteiger partial charge in [0.05, 0.1) is 21.5 Å². The minimum Gasteiger partial charge on any atom is -0.489 e. The molecule has 0 spiro atoms. The van der Waals surface area contributed by atoms with E-state index in [9.17, 15) is 25.0 Å². The Morgan fingerprint density at radius 2 is 1.56 bits per heavy atom. The molecule has 0 atom stereocenters. The maximum atomic E-state index is 12.4. The SMILES string of the molecule is O=C(NC(=S)Nc1cccc(OCc2ccccc2)c1)c1cc([N+](=O)[O-])cc([N+](=O)[O-])c1. The van der Waals surface area contributed by atoms with Crippen molar-refractivity contribution in [3.05, 3.63) is 104 Å². The normalized spacial score (nSPS) is 10.1. The van der Waals surface area contributed by atoms with Crippen molar-refractivity contribution in [2.24, 2.45) is 0 Å². The first-order valence-electron chi connectivity index (χ1n) is 9.15. The van der Waals surface area contributed by atoms with Crippen LogP contribution in [0.2, 0.25) is 0 Å². The molecule has 0 aliphatic carbocycles. The molecule has 3 rings (SSSR count). The number of nitro benzene ring substituents is 2. The molecule has 0 saturated carbocycles. The van der Waals surface area contributed by atoms with E-state index in [0.29, 0.717) is 18.0 Å². The number of ether oxygens (including phenoxy) is 1. The molecular weight excluding hydrogens is 436 g/mol. The van der Waals surface area contributed by atoms with E-state index >= 15 is 0 Å². The summed E-state index contributed by atoms with van der Waals surface area (Å²) in [7, 11) is 0. The number of carbonyl (C=O) groups is 1. The van der Waals surface area contributed by atoms with Crippen LogP contribution in [-0.4, -0.2) is 20.9 Å². The third-order valence-corrected chi connectivity index (χ3v) is 4.36. The summed E-state index contributed by atoms with van der Waals surface area (Å²) in [5.41, 5.74) is 0.110. The number of non-ortho nitro benzene ring substituents is 2. The van der Waals surface area contributed by atoms with Gasteiger partial charge in [0, 0.05) is 23.9 Å². The zero-order valence-electron chi connectivity index (χ0n) is 16.4. The Kier molecular flexibility index (Phi) is 7.03. The molecule has 32 heavy (non-hydrogen) atoms. The first-order valence-corrected chi connectivity index (χ1v) is 9.55. The molecule has 1 amide bonds. The average molecular weight is 452 g/mol. The Morgan fingerprint density at radius 1 is 0.906 bits per heavy atom. The third kappa shape index (κ3) is 6.06. The second kappa shape index (κ2) is 10.1. The molecule has 3 aromatic rings. The van der Waals surface area contributed by atoms with Crippen molar-refractivity contribution < 1.29 is 19.4 Å². The number of nitrogens with one attached hydrogen (secondary N) is 2. The molecule has 0 radical (unpaired) electrons. The highest BCUT2D eigenvalue weighted by atomic mass is 32.1. The average Bonchev–Trinajstić information content (AvgIpc) is 2.78. The predicted molar refractivity (Wildman–Crippen MR) is 121 cm³/mol. The molecule has 11 heteroatoms. The van der Waals surface area contributed by atoms with Gasteiger partial charge in [0.2, 0.25) is 0 Å². The van der Waals surface area contributed by atoms with Crippen LogP contribution >= 0.6 is 12.2 Å². The topological polar surface area (TPSA) is 137 Å². The fourth-order valence-corrected chi connectivity index (χ4v) is 2.89. The molecule has 2 N–H and O–H groups in total. The summed E-state index contributed by atoms with van der Waals surface area (Å²) in [6.07, 6.45) is 0. The lowest BCUT2D eigenvalue weighted by atomic mass is 10.1. The number of hydrogen-bond donors (Lipinski definition) is 2. The van der Waals surface area contributed by atoms with E-state index in [1.807, 2.05) is 30.3 Å². The van der Waals surface area contributed by atoms with Gasteiger partial charge >= 0.3 is 0 Å². The van der Waals surface area contributed by atoms with Crippen molar-refractivity contribution in [3.63, 3.8) is 0 Å². The Morgan fingerprint density at radius 3 is 2.19 bits per heavy atom. The molecule has 0 aliphatic heterocycles. The standard InChI is InChI=1S/C21H16N4O6S/c26-20(15-9-17(24(27)28)12-18(10-15)25(29)30)23-21(32)22-16-7-4-8-19(11-16)31-13-14-5-2-1-3-6-14/h1-12H,13H2,(H2,22,23,26,32). The largest absolute Gasteiger partial charge is 0.489 e. The summed E-state index contributed by atoms with van der Waals surface area (Å²) in [5.74, 6) is -0.256. The summed E-state index contributed by atoms with van der Waals surface area (Å²) in [6.45, 7) is 0.372. The first-order chi connectivity index (χ1) is 15.3. The van der Waals surface area contributed by atoms with Gasteiger partial charge in [0.25, 0.3) is 17.3 Å². The minimum absolute atomic E-state index is 0.0932. The fourth-order valence-electron chi connectivity index (χ4n) is 2.68. The highest BCUT2D eigenvalue weighted by Gasteiger charge is 2.20. The smallest absolute Gasteiger partial charge is 0.277 e. The van der Waals surface area contributed by atoms with Crippen LogP contribution in [0.4, 0.5) is 17.1 Å². The summed E-state index contributed by atoms with van der Waals surface area (Å²) in [6, 6.07) is 19.1. The number of carbonyl (C=O) groups excluding carboxylic acids is 1. The summed E-state index contributed by atoms with van der Waals surface area (Å²) in [5, 5.41) is 27.0. The van der Waals surface area contributed by atoms with E-state index in [1.54, 1.807) is 24.3 Å². The second-order valence-corrected chi connectivity index (χ2v) is 6.87. The molecular formula is C21H16N4O6S. The number of hydrogen-bond acceptors (Lipinski definition) is 7. The molecule has 10 nitrogen and oxygen atoms in total. The second-order valence-electron chi connectivity index (χ2n) is 6.46. The van der Waals surface area contributed by atoms with Gasteiger partial charge in [-0.15, -0.1) is 0 Å². The first kappa shape index (κ1) is 22.3. The van der Waals surface area contributed by atoms with Crippen LogP contribution in [0.15, 0.2) is 72.8 Å². The summed E-state index contributed by atoms with van der Waals surface area (Å²) < 4.78 is 5.74. The highest BCUT2D eigenvalue weighted by molar-refractivity contribution is 7.80. The zero-order chi connectivity index (χ0) is 23.1. The Bertz CT molecular complexity index is 1150. The van der Waals surface area contributed by atoms with Gasteiger partial charge in [-0.25, -0.2) is 0 Å². The quantitative estimate of drug-likeness (QED) is 0.309. The van der Waals surface area contributed by atoms with Crippen molar-refractivity contribution in [1.29, 1.82) is 0 Å². The molecule has 0 aliphatic rings. The number of amides is 1. The van der Waals surface area contributed by atoms with E-state index in [0.717, 1.165) is 23.8 Å². The van der Waals surface area contributed by atoms with Gasteiger partial charge in [-0.1, -0.05) is 36.4 Å². The van der Waals surface area contributed by atoms with Gasteiger partial charge in [-0.05, 0) is 29.9 Å². The van der Waals surface area contributed by atoms with Crippen LogP contribution in [0.5, 0.6) is 5.75 Å². The van der Waals surface area contributed by atoms with Crippen LogP contribution in [0.1, 0.15) is 15.9 Å². The molecule has 0 saturated heterocycles. The maximum absolute atomic E-state index is 12.4. The van der Waals surface area contributed by atoms with Gasteiger partial charge in [-0.2, -0.15) is 0 Å². The lowest BCUT2D eigenvalue weighted by Crippen LogP contribution is -2.34. The van der Waals surface area contributed by atoms with E-state index in [2.05, 4.69) is 10.6 Å². The molecule has 3 aromatic carbocycles. The van der Waals surface area contributed by atoms with Crippen molar-refractivity contribution >= 4 is 40.3 Å². The maximum Gasteiger partial charge on any atom is 0.277 e. The summed E-state index contributed by atoms with van der Waals surface area (Å²) in [4.78, 5) is 32.8. The van der Waals surface area contributed by atoms with E-state index in [4.69, 9.17) is 17.0 Å². The fraction of sp³-hybridized carbons (Fsp3) is 0.0476. The van der Waals surface area contributed by atoms with Gasteiger partial charge in [0.1, 0.15) is 12.4 Å². The van der Waals surface area contributed by atoms with Crippen molar-refractivity contribution in [2.45, 2.75) is 6.61 Å². The molecule has 0 aromatic heterocycles. The van der Waals surface area contributed by atoms with E-state index in [-0.39, 0.29) is 10.7 Å². The Labute approximate surface area is 187 Å². The van der Waals surface area contributed by atoms with Gasteiger partial charge < -0.3 is 10.1 Å². The zero-order valence-corrected chi connectivity index (χ0v) is 17.2. The highest BCUT2D eigenvalue weighted by Crippen LogP contribution is 2.23. The molecule has 0 bridgehead atoms.